The topological polar surface area (TPSA) is 82.4 Å². The maximum Gasteiger partial charge on any atom is 0.423 e. The predicted molar refractivity (Wildman–Crippen MR) is 104 cm³/mol. The number of nitrogens with zero attached hydrogens (tertiary/aromatic N) is 2. The van der Waals surface area contributed by atoms with Gasteiger partial charge in [-0.25, -0.2) is 9.48 Å². The van der Waals surface area contributed by atoms with E-state index in [2.05, 4.69) is 10.4 Å². The SMILES string of the molecule is CCOC(=O)/C=C/C(C)Nc1cnn(Cc2ccc(OC)cc2)c(=O)c1C(F)(F)F. The summed E-state index contributed by atoms with van der Waals surface area (Å²) in [6.07, 6.45) is -1.51. The molecule has 2 rings (SSSR count). The molecule has 162 valence electrons. The Kier molecular flexibility index (Phi) is 7.62. The highest BCUT2D eigenvalue weighted by atomic mass is 19.4. The Labute approximate surface area is 171 Å². The molecule has 1 unspecified atom stereocenters. The molecular weight excluding hydrogens is 403 g/mol. The molecule has 0 saturated carbocycles. The summed E-state index contributed by atoms with van der Waals surface area (Å²) >= 11 is 0. The van der Waals surface area contributed by atoms with E-state index in [-0.39, 0.29) is 13.2 Å². The molecule has 0 fully saturated rings. The fraction of sp³-hybridized carbons (Fsp3) is 0.350. The van der Waals surface area contributed by atoms with Crippen LogP contribution in [-0.4, -0.2) is 35.5 Å². The van der Waals surface area contributed by atoms with Crippen molar-refractivity contribution in [2.45, 2.75) is 32.6 Å². The zero-order chi connectivity index (χ0) is 22.3. The normalized spacial score (nSPS) is 12.6. The van der Waals surface area contributed by atoms with Crippen molar-refractivity contribution >= 4 is 11.7 Å². The molecule has 0 saturated heterocycles. The van der Waals surface area contributed by atoms with E-state index in [1.54, 1.807) is 31.2 Å². The van der Waals surface area contributed by atoms with Crippen molar-refractivity contribution in [2.75, 3.05) is 19.0 Å². The number of nitrogens with one attached hydrogen (secondary N) is 1. The Balaban J connectivity index is 2.30. The number of hydrogen-bond acceptors (Lipinski definition) is 6. The van der Waals surface area contributed by atoms with Crippen LogP contribution in [-0.2, 0) is 22.3 Å². The first-order valence-corrected chi connectivity index (χ1v) is 9.07. The molecule has 0 radical (unpaired) electrons. The highest BCUT2D eigenvalue weighted by Crippen LogP contribution is 2.32. The molecule has 0 aliphatic rings. The zero-order valence-corrected chi connectivity index (χ0v) is 16.7. The van der Waals surface area contributed by atoms with Crippen LogP contribution in [0.25, 0.3) is 0 Å². The second-order valence-electron chi connectivity index (χ2n) is 6.29. The third-order valence-electron chi connectivity index (χ3n) is 4.01. The van der Waals surface area contributed by atoms with E-state index in [0.717, 1.165) is 17.0 Å². The Morgan fingerprint density at radius 2 is 1.97 bits per heavy atom. The first-order valence-electron chi connectivity index (χ1n) is 9.07. The molecule has 10 heteroatoms. The highest BCUT2D eigenvalue weighted by Gasteiger charge is 2.38. The van der Waals surface area contributed by atoms with Gasteiger partial charge in [-0.2, -0.15) is 18.3 Å². The maximum atomic E-state index is 13.6. The summed E-state index contributed by atoms with van der Waals surface area (Å²) in [5, 5.41) is 6.42. The van der Waals surface area contributed by atoms with Crippen LogP contribution in [0.5, 0.6) is 5.75 Å². The van der Waals surface area contributed by atoms with E-state index in [1.165, 1.54) is 20.1 Å². The zero-order valence-electron chi connectivity index (χ0n) is 16.7. The standard InChI is InChI=1S/C20H22F3N3O4/c1-4-30-17(27)10-5-13(2)25-16-11-24-26(19(28)18(16)20(21,22)23)12-14-6-8-15(29-3)9-7-14/h5-11,13,25H,4,12H2,1-3H3/b10-5+. The Bertz CT molecular complexity index is 953. The van der Waals surface area contributed by atoms with Crippen molar-refractivity contribution in [3.8, 4) is 5.75 Å². The molecule has 0 spiro atoms. The van der Waals surface area contributed by atoms with E-state index >= 15 is 0 Å². The number of esters is 1. The molecule has 0 aliphatic heterocycles. The summed E-state index contributed by atoms with van der Waals surface area (Å²) in [5.41, 5.74) is -2.52. The van der Waals surface area contributed by atoms with Crippen LogP contribution in [0, 0.1) is 0 Å². The molecule has 0 aliphatic carbocycles. The number of ether oxygens (including phenoxy) is 2. The minimum Gasteiger partial charge on any atom is -0.497 e. The van der Waals surface area contributed by atoms with Gasteiger partial charge < -0.3 is 14.8 Å². The van der Waals surface area contributed by atoms with E-state index in [1.807, 2.05) is 0 Å². The summed E-state index contributed by atoms with van der Waals surface area (Å²) in [7, 11) is 1.49. The van der Waals surface area contributed by atoms with Gasteiger partial charge in [-0.1, -0.05) is 18.2 Å². The molecule has 1 atom stereocenters. The summed E-state index contributed by atoms with van der Waals surface area (Å²) < 4.78 is 51.3. The summed E-state index contributed by atoms with van der Waals surface area (Å²) in [4.78, 5) is 23.9. The van der Waals surface area contributed by atoms with Crippen molar-refractivity contribution in [1.82, 2.24) is 9.78 Å². The van der Waals surface area contributed by atoms with Crippen LogP contribution in [0.2, 0.25) is 0 Å². The first kappa shape index (κ1) is 23.0. The Hall–Kier alpha value is -3.30. The fourth-order valence-corrected chi connectivity index (χ4v) is 2.60. The lowest BCUT2D eigenvalue weighted by Gasteiger charge is -2.18. The molecule has 1 N–H and O–H groups in total. The second-order valence-corrected chi connectivity index (χ2v) is 6.29. The average Bonchev–Trinajstić information content (AvgIpc) is 2.68. The summed E-state index contributed by atoms with van der Waals surface area (Å²) in [5.74, 6) is -0.0327. The molecule has 2 aromatic rings. The highest BCUT2D eigenvalue weighted by molar-refractivity contribution is 5.82. The lowest BCUT2D eigenvalue weighted by Crippen LogP contribution is -2.33. The minimum atomic E-state index is -4.89. The first-order chi connectivity index (χ1) is 14.2. The van der Waals surface area contributed by atoms with Gasteiger partial charge in [0.25, 0.3) is 5.56 Å². The van der Waals surface area contributed by atoms with Gasteiger partial charge in [-0.3, -0.25) is 4.79 Å². The van der Waals surface area contributed by atoms with Crippen LogP contribution >= 0.6 is 0 Å². The number of carbonyl (C=O) groups is 1. The quantitative estimate of drug-likeness (QED) is 0.517. The number of methoxy groups -OCH3 is 1. The van der Waals surface area contributed by atoms with E-state index in [4.69, 9.17) is 9.47 Å². The van der Waals surface area contributed by atoms with Crippen LogP contribution in [0.15, 0.2) is 47.4 Å². The second kappa shape index (κ2) is 9.95. The third kappa shape index (κ3) is 6.10. The predicted octanol–water partition coefficient (Wildman–Crippen LogP) is 3.24. The lowest BCUT2D eigenvalue weighted by atomic mass is 10.2. The molecule has 1 aromatic carbocycles. The smallest absolute Gasteiger partial charge is 0.423 e. The van der Waals surface area contributed by atoms with Crippen molar-refractivity contribution in [3.63, 3.8) is 0 Å². The van der Waals surface area contributed by atoms with Gasteiger partial charge >= 0.3 is 12.1 Å². The summed E-state index contributed by atoms with van der Waals surface area (Å²) in [6.45, 7) is 3.21. The molecular formula is C20H22F3N3O4. The van der Waals surface area contributed by atoms with Gasteiger partial charge in [0.05, 0.1) is 32.1 Å². The maximum absolute atomic E-state index is 13.6. The minimum absolute atomic E-state index is 0.134. The number of aromatic nitrogens is 2. The molecule has 0 bridgehead atoms. The van der Waals surface area contributed by atoms with Crippen molar-refractivity contribution in [2.24, 2.45) is 0 Å². The molecule has 1 aromatic heterocycles. The van der Waals surface area contributed by atoms with Gasteiger partial charge in [0.15, 0.2) is 0 Å². The van der Waals surface area contributed by atoms with E-state index < -0.39 is 35.0 Å². The average molecular weight is 425 g/mol. The molecule has 30 heavy (non-hydrogen) atoms. The number of halogens is 3. The molecule has 7 nitrogen and oxygen atoms in total. The number of alkyl halides is 3. The molecule has 1 heterocycles. The lowest BCUT2D eigenvalue weighted by molar-refractivity contribution is -0.139. The van der Waals surface area contributed by atoms with Crippen molar-refractivity contribution in [3.05, 3.63) is 64.1 Å². The fourth-order valence-electron chi connectivity index (χ4n) is 2.60. The molecule has 0 amide bonds. The van der Waals surface area contributed by atoms with Gasteiger partial charge in [0.2, 0.25) is 0 Å². The number of anilines is 1. The van der Waals surface area contributed by atoms with Gasteiger partial charge in [0, 0.05) is 12.1 Å². The number of benzene rings is 1. The van der Waals surface area contributed by atoms with Crippen LogP contribution in [0.3, 0.4) is 0 Å². The number of hydrogen-bond donors (Lipinski definition) is 1. The van der Waals surface area contributed by atoms with Gasteiger partial charge in [-0.15, -0.1) is 0 Å². The van der Waals surface area contributed by atoms with Crippen LogP contribution < -0.4 is 15.6 Å². The van der Waals surface area contributed by atoms with Crippen LogP contribution in [0.4, 0.5) is 18.9 Å². The van der Waals surface area contributed by atoms with Gasteiger partial charge in [-0.05, 0) is 31.5 Å². The number of rotatable bonds is 8. The number of carbonyl (C=O) groups excluding carboxylic acids is 1. The monoisotopic (exact) mass is 425 g/mol. The van der Waals surface area contributed by atoms with Crippen molar-refractivity contribution in [1.29, 1.82) is 0 Å². The van der Waals surface area contributed by atoms with E-state index in [0.29, 0.717) is 11.3 Å². The third-order valence-corrected chi connectivity index (χ3v) is 4.01. The van der Waals surface area contributed by atoms with Crippen molar-refractivity contribution < 1.29 is 27.4 Å². The van der Waals surface area contributed by atoms with Gasteiger partial charge in [0.1, 0.15) is 11.3 Å². The Morgan fingerprint density at radius 1 is 1.30 bits per heavy atom. The Morgan fingerprint density at radius 3 is 2.53 bits per heavy atom. The van der Waals surface area contributed by atoms with Crippen LogP contribution in [0.1, 0.15) is 25.0 Å². The largest absolute Gasteiger partial charge is 0.497 e. The van der Waals surface area contributed by atoms with E-state index in [9.17, 15) is 22.8 Å². The summed E-state index contributed by atoms with van der Waals surface area (Å²) in [6, 6.07) is 5.86.